The van der Waals surface area contributed by atoms with E-state index in [0.717, 1.165) is 11.3 Å². The summed E-state index contributed by atoms with van der Waals surface area (Å²) in [6.45, 7) is 3.21. The summed E-state index contributed by atoms with van der Waals surface area (Å²) in [5, 5.41) is 0. The lowest BCUT2D eigenvalue weighted by Gasteiger charge is -2.23. The number of thiophene rings is 1. The Bertz CT molecular complexity index is 1210. The first-order valence-electron chi connectivity index (χ1n) is 9.07. The van der Waals surface area contributed by atoms with Crippen LogP contribution in [-0.4, -0.2) is 33.3 Å². The highest BCUT2D eigenvalue weighted by Gasteiger charge is 2.25. The van der Waals surface area contributed by atoms with E-state index >= 15 is 0 Å². The summed E-state index contributed by atoms with van der Waals surface area (Å²) in [5.41, 5.74) is 0.486. The number of para-hydroxylation sites is 1. The summed E-state index contributed by atoms with van der Waals surface area (Å²) in [6, 6.07) is 17.2. The van der Waals surface area contributed by atoms with Crippen LogP contribution in [0.1, 0.15) is 20.0 Å². The minimum absolute atomic E-state index is 0.0182. The number of ketones is 1. The van der Waals surface area contributed by atoms with Gasteiger partial charge in [0.15, 0.2) is 6.61 Å². The molecule has 0 N–H and O–H groups in total. The molecule has 0 aliphatic rings. The maximum atomic E-state index is 13.2. The molecule has 0 amide bonds. The average Bonchev–Trinajstić information content (AvgIpc) is 3.22. The number of hydrogen-bond acceptors (Lipinski definition) is 6. The van der Waals surface area contributed by atoms with Crippen molar-refractivity contribution in [1.82, 2.24) is 0 Å². The molecule has 0 atom stereocenters. The van der Waals surface area contributed by atoms with Crippen molar-refractivity contribution < 1.29 is 22.7 Å². The lowest BCUT2D eigenvalue weighted by Crippen LogP contribution is -2.31. The monoisotopic (exact) mass is 475 g/mol. The third-order valence-electron chi connectivity index (χ3n) is 4.18. The molecule has 1 aromatic heterocycles. The Hall–Kier alpha value is -2.94. The highest BCUT2D eigenvalue weighted by Crippen LogP contribution is 2.25. The second kappa shape index (κ2) is 9.91. The van der Waals surface area contributed by atoms with E-state index in [9.17, 15) is 18.0 Å². The van der Waals surface area contributed by atoms with Crippen LogP contribution >= 0.6 is 22.9 Å². The molecule has 0 radical (unpaired) electrons. The predicted octanol–water partition coefficient (Wildman–Crippen LogP) is 4.82. The Morgan fingerprint density at radius 1 is 1.06 bits per heavy atom. The van der Waals surface area contributed by atoms with Gasteiger partial charge in [0.2, 0.25) is 5.78 Å². The number of carbonyl (C=O) groups is 2. The molecule has 160 valence electrons. The Morgan fingerprint density at radius 3 is 2.45 bits per heavy atom. The zero-order valence-corrected chi connectivity index (χ0v) is 18.6. The van der Waals surface area contributed by atoms with Crippen LogP contribution in [0.25, 0.3) is 0 Å². The van der Waals surface area contributed by atoms with Crippen molar-refractivity contribution in [2.45, 2.75) is 4.90 Å². The SMILES string of the molecule is C=CCN(c1ccccc1)S(=O)(=O)c1cccc(C(=O)OCC(=O)c2ccc(Cl)s2)c1. The normalized spacial score (nSPS) is 11.0. The van der Waals surface area contributed by atoms with Crippen molar-refractivity contribution in [2.75, 3.05) is 17.5 Å². The van der Waals surface area contributed by atoms with Crippen LogP contribution in [0.4, 0.5) is 5.69 Å². The summed E-state index contributed by atoms with van der Waals surface area (Å²) in [7, 11) is -3.97. The summed E-state index contributed by atoms with van der Waals surface area (Å²) in [4.78, 5) is 24.8. The number of benzene rings is 2. The average molecular weight is 476 g/mol. The van der Waals surface area contributed by atoms with E-state index in [4.69, 9.17) is 16.3 Å². The lowest BCUT2D eigenvalue weighted by atomic mass is 10.2. The summed E-state index contributed by atoms with van der Waals surface area (Å²) < 4.78 is 33.1. The molecule has 0 saturated carbocycles. The van der Waals surface area contributed by atoms with Gasteiger partial charge in [-0.2, -0.15) is 0 Å². The third kappa shape index (κ3) is 5.41. The molecule has 9 heteroatoms. The van der Waals surface area contributed by atoms with Crippen LogP contribution in [0, 0.1) is 0 Å². The van der Waals surface area contributed by atoms with Gasteiger partial charge in [-0.25, -0.2) is 13.2 Å². The fourth-order valence-corrected chi connectivity index (χ4v) is 5.16. The van der Waals surface area contributed by atoms with E-state index in [1.807, 2.05) is 0 Å². The smallest absolute Gasteiger partial charge is 0.338 e. The second-order valence-corrected chi connectivity index (χ2v) is 9.87. The minimum Gasteiger partial charge on any atom is -0.454 e. The van der Waals surface area contributed by atoms with Gasteiger partial charge in [-0.15, -0.1) is 17.9 Å². The van der Waals surface area contributed by atoms with Crippen molar-refractivity contribution in [1.29, 1.82) is 0 Å². The number of Topliss-reactive ketones (excluding diaryl/α,β-unsaturated/α-hetero) is 1. The summed E-state index contributed by atoms with van der Waals surface area (Å²) >= 11 is 6.89. The first-order chi connectivity index (χ1) is 14.8. The quantitative estimate of drug-likeness (QED) is 0.252. The van der Waals surface area contributed by atoms with Crippen LogP contribution in [0.3, 0.4) is 0 Å². The van der Waals surface area contributed by atoms with Crippen LogP contribution in [0.15, 0.2) is 84.3 Å². The molecular formula is C22H18ClNO5S2. The molecule has 2 aromatic carbocycles. The number of halogens is 1. The predicted molar refractivity (Wildman–Crippen MR) is 122 cm³/mol. The van der Waals surface area contributed by atoms with Gasteiger partial charge >= 0.3 is 5.97 Å². The number of nitrogens with zero attached hydrogens (tertiary/aromatic N) is 1. The highest BCUT2D eigenvalue weighted by atomic mass is 35.5. The third-order valence-corrected chi connectivity index (χ3v) is 7.24. The number of esters is 1. The highest BCUT2D eigenvalue weighted by molar-refractivity contribution is 7.92. The standard InChI is InChI=1S/C22H18ClNO5S2/c1-2-13-24(17-8-4-3-5-9-17)31(27,28)18-10-6-7-16(14-18)22(26)29-15-19(25)20-11-12-21(23)30-20/h2-12,14H,1,13,15H2. The fourth-order valence-electron chi connectivity index (χ4n) is 2.71. The van der Waals surface area contributed by atoms with E-state index in [1.165, 1.54) is 34.6 Å². The zero-order chi connectivity index (χ0) is 22.4. The van der Waals surface area contributed by atoms with Gasteiger partial charge in [-0.05, 0) is 42.5 Å². The molecule has 0 spiro atoms. The largest absolute Gasteiger partial charge is 0.454 e. The zero-order valence-electron chi connectivity index (χ0n) is 16.2. The van der Waals surface area contributed by atoms with Crippen molar-refractivity contribution in [3.63, 3.8) is 0 Å². The van der Waals surface area contributed by atoms with Gasteiger partial charge in [-0.1, -0.05) is 41.9 Å². The maximum absolute atomic E-state index is 13.2. The molecule has 1 heterocycles. The van der Waals surface area contributed by atoms with E-state index < -0.39 is 28.4 Å². The Labute approximate surface area is 189 Å². The molecule has 0 aliphatic carbocycles. The Balaban J connectivity index is 1.80. The number of ether oxygens (including phenoxy) is 1. The van der Waals surface area contributed by atoms with E-state index in [2.05, 4.69) is 6.58 Å². The molecule has 3 aromatic rings. The van der Waals surface area contributed by atoms with Crippen LogP contribution in [0.5, 0.6) is 0 Å². The van der Waals surface area contributed by atoms with Gasteiger partial charge < -0.3 is 4.74 Å². The van der Waals surface area contributed by atoms with Crippen LogP contribution < -0.4 is 4.31 Å². The molecule has 0 aliphatic heterocycles. The van der Waals surface area contributed by atoms with Gasteiger partial charge in [-0.3, -0.25) is 9.10 Å². The van der Waals surface area contributed by atoms with Gasteiger partial charge in [0.1, 0.15) is 0 Å². The van der Waals surface area contributed by atoms with E-state index in [-0.39, 0.29) is 17.0 Å². The topological polar surface area (TPSA) is 80.8 Å². The first-order valence-corrected chi connectivity index (χ1v) is 11.7. The molecule has 3 rings (SSSR count). The molecule has 0 bridgehead atoms. The number of rotatable bonds is 9. The second-order valence-electron chi connectivity index (χ2n) is 6.29. The summed E-state index contributed by atoms with van der Waals surface area (Å²) in [5.74, 6) is -1.20. The van der Waals surface area contributed by atoms with Gasteiger partial charge in [0.05, 0.1) is 31.9 Å². The van der Waals surface area contributed by atoms with Crippen molar-refractivity contribution in [2.24, 2.45) is 0 Å². The van der Waals surface area contributed by atoms with Crippen LogP contribution in [0.2, 0.25) is 4.34 Å². The minimum atomic E-state index is -3.97. The molecule has 0 unspecified atom stereocenters. The molecule has 0 saturated heterocycles. The molecule has 0 fully saturated rings. The number of carbonyl (C=O) groups excluding carboxylic acids is 2. The lowest BCUT2D eigenvalue weighted by molar-refractivity contribution is 0.0475. The fraction of sp³-hybridized carbons (Fsp3) is 0.0909. The first kappa shape index (κ1) is 22.7. The number of sulfonamides is 1. The van der Waals surface area contributed by atoms with Gasteiger partial charge in [0, 0.05) is 0 Å². The number of hydrogen-bond donors (Lipinski definition) is 0. The maximum Gasteiger partial charge on any atom is 0.338 e. The van der Waals surface area contributed by atoms with Gasteiger partial charge in [0.25, 0.3) is 10.0 Å². The number of anilines is 1. The molecule has 6 nitrogen and oxygen atoms in total. The van der Waals surface area contributed by atoms with E-state index in [1.54, 1.807) is 42.5 Å². The van der Waals surface area contributed by atoms with Crippen molar-refractivity contribution in [3.05, 3.63) is 94.2 Å². The molecule has 31 heavy (non-hydrogen) atoms. The van der Waals surface area contributed by atoms with Crippen molar-refractivity contribution >= 4 is 50.4 Å². The molecular weight excluding hydrogens is 458 g/mol. The summed E-state index contributed by atoms with van der Waals surface area (Å²) in [6.07, 6.45) is 1.48. The van der Waals surface area contributed by atoms with Crippen molar-refractivity contribution in [3.8, 4) is 0 Å². The van der Waals surface area contributed by atoms with Crippen LogP contribution in [-0.2, 0) is 14.8 Å². The van der Waals surface area contributed by atoms with E-state index in [0.29, 0.717) is 14.9 Å². The Morgan fingerprint density at radius 2 is 1.81 bits per heavy atom. The Kier molecular flexibility index (Phi) is 7.27.